The van der Waals surface area contributed by atoms with Crippen molar-refractivity contribution in [3.05, 3.63) is 0 Å². The van der Waals surface area contributed by atoms with Crippen LogP contribution in [0, 0.1) is 5.92 Å². The van der Waals surface area contributed by atoms with Crippen LogP contribution in [0.5, 0.6) is 0 Å². The molecular formula is C15H32N2O2. The van der Waals surface area contributed by atoms with E-state index in [9.17, 15) is 4.79 Å². The fourth-order valence-electron chi connectivity index (χ4n) is 2.43. The first-order chi connectivity index (χ1) is 8.89. The number of carbonyl (C=O) groups is 1. The minimum Gasteiger partial charge on any atom is -0.468 e. The van der Waals surface area contributed by atoms with Gasteiger partial charge in [-0.3, -0.25) is 4.79 Å². The Morgan fingerprint density at radius 2 is 2.00 bits per heavy atom. The monoisotopic (exact) mass is 272 g/mol. The Labute approximate surface area is 118 Å². The summed E-state index contributed by atoms with van der Waals surface area (Å²) in [4.78, 5) is 14.3. The van der Waals surface area contributed by atoms with Gasteiger partial charge < -0.3 is 15.0 Å². The lowest BCUT2D eigenvalue weighted by atomic mass is 9.95. The molecule has 0 aliphatic rings. The Morgan fingerprint density at radius 1 is 1.37 bits per heavy atom. The van der Waals surface area contributed by atoms with Crippen molar-refractivity contribution in [2.45, 2.75) is 53.0 Å². The lowest BCUT2D eigenvalue weighted by molar-refractivity contribution is -0.148. The molecule has 0 radical (unpaired) electrons. The number of esters is 1. The molecule has 0 saturated carbocycles. The number of carbonyl (C=O) groups excluding carboxylic acids is 1. The molecule has 0 rings (SSSR count). The zero-order valence-electron chi connectivity index (χ0n) is 13.6. The second-order valence-corrected chi connectivity index (χ2v) is 5.74. The van der Waals surface area contributed by atoms with Crippen molar-refractivity contribution in [3.8, 4) is 0 Å². The van der Waals surface area contributed by atoms with Crippen molar-refractivity contribution in [1.82, 2.24) is 10.2 Å². The Bertz CT molecular complexity index is 257. The van der Waals surface area contributed by atoms with Gasteiger partial charge in [0.05, 0.1) is 7.11 Å². The van der Waals surface area contributed by atoms with Crippen molar-refractivity contribution in [2.24, 2.45) is 5.92 Å². The number of ether oxygens (including phenoxy) is 1. The number of hydrogen-bond acceptors (Lipinski definition) is 4. The molecule has 0 saturated heterocycles. The summed E-state index contributed by atoms with van der Waals surface area (Å²) in [6.45, 7) is 14.6. The second kappa shape index (κ2) is 9.32. The molecule has 0 aliphatic heterocycles. The Kier molecular flexibility index (Phi) is 9.02. The minimum absolute atomic E-state index is 0.166. The Hall–Kier alpha value is -0.610. The zero-order chi connectivity index (χ0) is 14.9. The van der Waals surface area contributed by atoms with Crippen molar-refractivity contribution >= 4 is 5.97 Å². The van der Waals surface area contributed by atoms with Crippen LogP contribution in [0.4, 0.5) is 0 Å². The molecule has 0 aromatic heterocycles. The van der Waals surface area contributed by atoms with E-state index in [1.54, 1.807) is 0 Å². The molecule has 0 fully saturated rings. The number of likely N-dealkylation sites (N-methyl/N-ethyl adjacent to an activating group) is 1. The summed E-state index contributed by atoms with van der Waals surface area (Å²) in [6.07, 6.45) is 1.81. The van der Waals surface area contributed by atoms with Crippen LogP contribution >= 0.6 is 0 Å². The van der Waals surface area contributed by atoms with Crippen LogP contribution in [-0.2, 0) is 9.53 Å². The molecule has 4 nitrogen and oxygen atoms in total. The number of nitrogens with zero attached hydrogens (tertiary/aromatic N) is 1. The normalized spacial score (nSPS) is 14.7. The number of methoxy groups -OCH3 is 1. The molecule has 0 aliphatic carbocycles. The van der Waals surface area contributed by atoms with E-state index in [0.717, 1.165) is 39.0 Å². The van der Waals surface area contributed by atoms with E-state index in [1.807, 2.05) is 13.8 Å². The smallest absolute Gasteiger partial charge is 0.325 e. The first-order valence-electron chi connectivity index (χ1n) is 7.45. The van der Waals surface area contributed by atoms with Gasteiger partial charge in [-0.05, 0) is 45.3 Å². The maximum absolute atomic E-state index is 11.8. The van der Waals surface area contributed by atoms with Gasteiger partial charge in [0, 0.05) is 6.54 Å². The summed E-state index contributed by atoms with van der Waals surface area (Å²) in [5, 5.41) is 3.25. The first-order valence-corrected chi connectivity index (χ1v) is 7.45. The lowest BCUT2D eigenvalue weighted by Crippen LogP contribution is -2.50. The summed E-state index contributed by atoms with van der Waals surface area (Å²) in [5.74, 6) is 0.516. The van der Waals surface area contributed by atoms with Crippen molar-refractivity contribution in [1.29, 1.82) is 0 Å². The van der Waals surface area contributed by atoms with Gasteiger partial charge in [-0.2, -0.15) is 0 Å². The molecule has 19 heavy (non-hydrogen) atoms. The molecule has 0 aromatic rings. The van der Waals surface area contributed by atoms with Gasteiger partial charge in [-0.15, -0.1) is 0 Å². The van der Waals surface area contributed by atoms with E-state index >= 15 is 0 Å². The lowest BCUT2D eigenvalue weighted by Gasteiger charge is -2.29. The molecule has 0 spiro atoms. The highest BCUT2D eigenvalue weighted by molar-refractivity contribution is 5.80. The highest BCUT2D eigenvalue weighted by Crippen LogP contribution is 2.15. The number of rotatable bonds is 10. The largest absolute Gasteiger partial charge is 0.468 e. The Balaban J connectivity index is 4.28. The van der Waals surface area contributed by atoms with Crippen LogP contribution < -0.4 is 5.32 Å². The van der Waals surface area contributed by atoms with Crippen LogP contribution in [0.3, 0.4) is 0 Å². The molecule has 0 heterocycles. The van der Waals surface area contributed by atoms with Gasteiger partial charge in [0.2, 0.25) is 0 Å². The van der Waals surface area contributed by atoms with Crippen LogP contribution in [0.25, 0.3) is 0 Å². The van der Waals surface area contributed by atoms with Gasteiger partial charge in [0.1, 0.15) is 5.54 Å². The molecule has 1 unspecified atom stereocenters. The van der Waals surface area contributed by atoms with Gasteiger partial charge in [0.15, 0.2) is 0 Å². The highest BCUT2D eigenvalue weighted by atomic mass is 16.5. The minimum atomic E-state index is -0.555. The zero-order valence-corrected chi connectivity index (χ0v) is 13.6. The van der Waals surface area contributed by atoms with Gasteiger partial charge in [-0.25, -0.2) is 0 Å². The SMILES string of the molecule is CCNC(C)(CCCN(CC)CC(C)C)C(=O)OC. The summed E-state index contributed by atoms with van der Waals surface area (Å²) in [5.41, 5.74) is -0.555. The number of nitrogens with one attached hydrogen (secondary N) is 1. The molecular weight excluding hydrogens is 240 g/mol. The van der Waals surface area contributed by atoms with Crippen LogP contribution in [0.1, 0.15) is 47.5 Å². The molecule has 4 heteroatoms. The van der Waals surface area contributed by atoms with E-state index in [4.69, 9.17) is 4.74 Å². The van der Waals surface area contributed by atoms with Crippen LogP contribution in [-0.4, -0.2) is 49.7 Å². The highest BCUT2D eigenvalue weighted by Gasteiger charge is 2.32. The average Bonchev–Trinajstić information content (AvgIpc) is 2.36. The fourth-order valence-corrected chi connectivity index (χ4v) is 2.43. The molecule has 114 valence electrons. The third-order valence-corrected chi connectivity index (χ3v) is 3.42. The molecule has 1 atom stereocenters. The molecule has 0 bridgehead atoms. The summed E-state index contributed by atoms with van der Waals surface area (Å²) >= 11 is 0. The quantitative estimate of drug-likeness (QED) is 0.620. The third kappa shape index (κ3) is 6.92. The van der Waals surface area contributed by atoms with Gasteiger partial charge in [-0.1, -0.05) is 27.7 Å². The van der Waals surface area contributed by atoms with Crippen LogP contribution in [0.2, 0.25) is 0 Å². The summed E-state index contributed by atoms with van der Waals surface area (Å²) < 4.78 is 4.90. The second-order valence-electron chi connectivity index (χ2n) is 5.74. The van der Waals surface area contributed by atoms with Crippen LogP contribution in [0.15, 0.2) is 0 Å². The predicted octanol–water partition coefficient (Wildman–Crippen LogP) is 2.29. The van der Waals surface area contributed by atoms with E-state index < -0.39 is 5.54 Å². The summed E-state index contributed by atoms with van der Waals surface area (Å²) in [7, 11) is 1.45. The van der Waals surface area contributed by atoms with Gasteiger partial charge in [0.25, 0.3) is 0 Å². The maximum atomic E-state index is 11.8. The predicted molar refractivity (Wildman–Crippen MR) is 80.3 cm³/mol. The topological polar surface area (TPSA) is 41.6 Å². The average molecular weight is 272 g/mol. The molecule has 0 amide bonds. The van der Waals surface area contributed by atoms with E-state index in [-0.39, 0.29) is 5.97 Å². The Morgan fingerprint density at radius 3 is 2.42 bits per heavy atom. The van der Waals surface area contributed by atoms with E-state index in [1.165, 1.54) is 7.11 Å². The third-order valence-electron chi connectivity index (χ3n) is 3.42. The fraction of sp³-hybridized carbons (Fsp3) is 0.933. The molecule has 1 N–H and O–H groups in total. The first kappa shape index (κ1) is 18.4. The van der Waals surface area contributed by atoms with Crippen molar-refractivity contribution in [3.63, 3.8) is 0 Å². The summed E-state index contributed by atoms with van der Waals surface area (Å²) in [6, 6.07) is 0. The standard InChI is InChI=1S/C15H32N2O2/c1-7-16-15(5,14(18)19-6)10-9-11-17(8-2)12-13(3)4/h13,16H,7-12H2,1-6H3. The van der Waals surface area contributed by atoms with E-state index in [0.29, 0.717) is 5.92 Å². The van der Waals surface area contributed by atoms with E-state index in [2.05, 4.69) is 31.0 Å². The maximum Gasteiger partial charge on any atom is 0.325 e. The van der Waals surface area contributed by atoms with Crippen molar-refractivity contribution < 1.29 is 9.53 Å². The van der Waals surface area contributed by atoms with Crippen molar-refractivity contribution in [2.75, 3.05) is 33.3 Å². The van der Waals surface area contributed by atoms with Gasteiger partial charge >= 0.3 is 5.97 Å². The number of hydrogen-bond donors (Lipinski definition) is 1. The molecule has 0 aromatic carbocycles.